The van der Waals surface area contributed by atoms with Crippen LogP contribution in [0.2, 0.25) is 0 Å². The Hall–Kier alpha value is -2.98. The van der Waals surface area contributed by atoms with Gasteiger partial charge in [-0.3, -0.25) is 10.00 Å². The Morgan fingerprint density at radius 2 is 2.03 bits per heavy atom. The van der Waals surface area contributed by atoms with Crippen LogP contribution >= 0.6 is 11.3 Å². The van der Waals surface area contributed by atoms with Crippen molar-refractivity contribution in [3.05, 3.63) is 40.8 Å². The van der Waals surface area contributed by atoms with Crippen molar-refractivity contribution in [2.24, 2.45) is 7.05 Å². The Kier molecular flexibility index (Phi) is 5.72. The lowest BCUT2D eigenvalue weighted by Crippen LogP contribution is -2.45. The van der Waals surface area contributed by atoms with Gasteiger partial charge in [-0.15, -0.1) is 0 Å². The van der Waals surface area contributed by atoms with Crippen LogP contribution in [0.1, 0.15) is 5.69 Å². The van der Waals surface area contributed by atoms with Gasteiger partial charge in [0, 0.05) is 56.4 Å². The van der Waals surface area contributed by atoms with E-state index in [1.807, 2.05) is 29.0 Å². The third-order valence-electron chi connectivity index (χ3n) is 4.86. The number of nitrogens with one attached hydrogen (secondary N) is 2. The zero-order chi connectivity index (χ0) is 20.2. The summed E-state index contributed by atoms with van der Waals surface area (Å²) in [7, 11) is 3.92. The molecule has 0 unspecified atom stereocenters. The summed E-state index contributed by atoms with van der Waals surface area (Å²) in [5.41, 5.74) is 2.64. The topological polar surface area (TPSA) is 91.2 Å². The Morgan fingerprint density at radius 1 is 1.21 bits per heavy atom. The van der Waals surface area contributed by atoms with Crippen molar-refractivity contribution in [1.82, 2.24) is 30.0 Å². The van der Waals surface area contributed by atoms with Crippen molar-refractivity contribution >= 4 is 29.1 Å². The van der Waals surface area contributed by atoms with Crippen LogP contribution in [0.25, 0.3) is 11.3 Å². The molecule has 1 aliphatic heterocycles. The van der Waals surface area contributed by atoms with Crippen LogP contribution in [-0.2, 0) is 13.6 Å². The van der Waals surface area contributed by atoms with E-state index in [4.69, 9.17) is 0 Å². The van der Waals surface area contributed by atoms with E-state index in [0.717, 1.165) is 43.1 Å². The molecule has 1 saturated heterocycles. The molecule has 4 rings (SSSR count). The summed E-state index contributed by atoms with van der Waals surface area (Å²) in [5, 5.41) is 14.2. The first-order valence-electron chi connectivity index (χ1n) is 9.45. The van der Waals surface area contributed by atoms with Crippen LogP contribution < -0.4 is 15.5 Å². The predicted molar refractivity (Wildman–Crippen MR) is 114 cm³/mol. The van der Waals surface area contributed by atoms with E-state index >= 15 is 0 Å². The second-order valence-electron chi connectivity index (χ2n) is 7.00. The van der Waals surface area contributed by atoms with Gasteiger partial charge in [-0.2, -0.15) is 16.4 Å². The highest BCUT2D eigenvalue weighted by atomic mass is 32.1. The molecule has 0 atom stereocenters. The predicted octanol–water partition coefficient (Wildman–Crippen LogP) is 2.01. The van der Waals surface area contributed by atoms with Crippen LogP contribution in [0.3, 0.4) is 0 Å². The molecule has 10 heteroatoms. The number of likely N-dealkylation sites (N-methyl/N-ethyl adjacent to an activating group) is 1. The van der Waals surface area contributed by atoms with Gasteiger partial charge in [0.2, 0.25) is 5.95 Å². The highest BCUT2D eigenvalue weighted by Gasteiger charge is 2.17. The Balaban J connectivity index is 1.34. The minimum absolute atomic E-state index is 0.301. The summed E-state index contributed by atoms with van der Waals surface area (Å²) < 4.78 is 1.66. The lowest BCUT2D eigenvalue weighted by Gasteiger charge is -2.32. The molecule has 3 aromatic rings. The molecular formula is C19H24N8OS. The summed E-state index contributed by atoms with van der Waals surface area (Å²) >= 11 is 1.61. The van der Waals surface area contributed by atoms with Gasteiger partial charge in [0.25, 0.3) is 0 Å². The number of carbonyl (C=O) groups excluding carboxylic acids is 1. The summed E-state index contributed by atoms with van der Waals surface area (Å²) in [6.07, 6.45) is 1.74. The molecule has 0 radical (unpaired) electrons. The average Bonchev–Trinajstić information content (AvgIpc) is 3.38. The monoisotopic (exact) mass is 412 g/mol. The lowest BCUT2D eigenvalue weighted by atomic mass is 10.2. The first kappa shape index (κ1) is 19.3. The number of rotatable bonds is 5. The lowest BCUT2D eigenvalue weighted by molar-refractivity contribution is 0.251. The van der Waals surface area contributed by atoms with Crippen molar-refractivity contribution in [2.45, 2.75) is 6.54 Å². The maximum Gasteiger partial charge on any atom is 0.320 e. The molecule has 2 N–H and O–H groups in total. The normalized spacial score (nSPS) is 14.8. The van der Waals surface area contributed by atoms with E-state index in [1.165, 1.54) is 0 Å². The molecule has 0 bridgehead atoms. The number of aromatic nitrogens is 4. The fourth-order valence-corrected chi connectivity index (χ4v) is 3.76. The molecule has 2 amide bonds. The highest BCUT2D eigenvalue weighted by Crippen LogP contribution is 2.23. The number of piperazine rings is 1. The maximum atomic E-state index is 12.3. The number of urea groups is 1. The second-order valence-corrected chi connectivity index (χ2v) is 7.78. The number of amides is 2. The molecular weight excluding hydrogens is 388 g/mol. The van der Waals surface area contributed by atoms with Crippen molar-refractivity contribution in [2.75, 3.05) is 43.4 Å². The van der Waals surface area contributed by atoms with Crippen molar-refractivity contribution in [1.29, 1.82) is 0 Å². The van der Waals surface area contributed by atoms with Gasteiger partial charge in [-0.25, -0.2) is 14.8 Å². The zero-order valence-corrected chi connectivity index (χ0v) is 17.3. The second kappa shape index (κ2) is 8.58. The largest absolute Gasteiger partial charge is 0.338 e. The smallest absolute Gasteiger partial charge is 0.320 e. The summed E-state index contributed by atoms with van der Waals surface area (Å²) in [6.45, 7) is 4.12. The Bertz CT molecular complexity index is 963. The first-order valence-corrected chi connectivity index (χ1v) is 10.4. The van der Waals surface area contributed by atoms with Crippen LogP contribution in [0, 0.1) is 0 Å². The molecule has 4 heterocycles. The van der Waals surface area contributed by atoms with Gasteiger partial charge in [-0.1, -0.05) is 0 Å². The first-order chi connectivity index (χ1) is 14.1. The SMILES string of the molecule is CN1CCN(c2nccc(CNC(=O)Nc3cc(-c4ccsc4)nn3C)n2)CC1. The van der Waals surface area contributed by atoms with E-state index in [2.05, 4.69) is 42.5 Å². The van der Waals surface area contributed by atoms with Crippen molar-refractivity contribution < 1.29 is 4.79 Å². The van der Waals surface area contributed by atoms with Crippen molar-refractivity contribution in [3.8, 4) is 11.3 Å². The Morgan fingerprint density at radius 3 is 2.79 bits per heavy atom. The molecule has 0 aromatic carbocycles. The minimum Gasteiger partial charge on any atom is -0.338 e. The maximum absolute atomic E-state index is 12.3. The van der Waals surface area contributed by atoms with Gasteiger partial charge >= 0.3 is 6.03 Å². The van der Waals surface area contributed by atoms with Gasteiger partial charge in [0.05, 0.1) is 17.9 Å². The van der Waals surface area contributed by atoms with Crippen LogP contribution in [0.5, 0.6) is 0 Å². The van der Waals surface area contributed by atoms with E-state index < -0.39 is 0 Å². The number of hydrogen-bond donors (Lipinski definition) is 2. The number of anilines is 2. The summed E-state index contributed by atoms with van der Waals surface area (Å²) in [5.74, 6) is 1.34. The number of thiophene rings is 1. The number of aryl methyl sites for hydroxylation is 1. The van der Waals surface area contributed by atoms with Crippen molar-refractivity contribution in [3.63, 3.8) is 0 Å². The molecule has 0 spiro atoms. The molecule has 3 aromatic heterocycles. The third kappa shape index (κ3) is 4.72. The number of nitrogens with zero attached hydrogens (tertiary/aromatic N) is 6. The molecule has 29 heavy (non-hydrogen) atoms. The van der Waals surface area contributed by atoms with E-state index in [-0.39, 0.29) is 6.03 Å². The van der Waals surface area contributed by atoms with Crippen LogP contribution in [0.15, 0.2) is 35.2 Å². The average molecular weight is 413 g/mol. The van der Waals surface area contributed by atoms with E-state index in [0.29, 0.717) is 18.3 Å². The number of carbonyl (C=O) groups is 1. The van der Waals surface area contributed by atoms with E-state index in [1.54, 1.807) is 29.3 Å². The van der Waals surface area contributed by atoms with E-state index in [9.17, 15) is 4.79 Å². The van der Waals surface area contributed by atoms with Crippen LogP contribution in [-0.4, -0.2) is 63.9 Å². The summed E-state index contributed by atoms with van der Waals surface area (Å²) in [4.78, 5) is 25.8. The Labute approximate surface area is 173 Å². The zero-order valence-electron chi connectivity index (χ0n) is 16.5. The third-order valence-corrected chi connectivity index (χ3v) is 5.54. The van der Waals surface area contributed by atoms with Gasteiger partial charge < -0.3 is 15.1 Å². The van der Waals surface area contributed by atoms with Crippen LogP contribution in [0.4, 0.5) is 16.6 Å². The van der Waals surface area contributed by atoms with Gasteiger partial charge in [0.1, 0.15) is 5.82 Å². The fourth-order valence-electron chi connectivity index (χ4n) is 3.11. The molecule has 152 valence electrons. The fraction of sp³-hybridized carbons (Fsp3) is 0.368. The quantitative estimate of drug-likeness (QED) is 0.666. The molecule has 1 fully saturated rings. The minimum atomic E-state index is -0.301. The summed E-state index contributed by atoms with van der Waals surface area (Å²) in [6, 6.07) is 5.38. The van der Waals surface area contributed by atoms with Gasteiger partial charge in [0.15, 0.2) is 0 Å². The molecule has 0 saturated carbocycles. The molecule has 9 nitrogen and oxygen atoms in total. The number of hydrogen-bond acceptors (Lipinski definition) is 7. The molecule has 0 aliphatic carbocycles. The van der Waals surface area contributed by atoms with Gasteiger partial charge in [-0.05, 0) is 24.6 Å². The standard InChI is InChI=1S/C19H24N8OS/c1-25-6-8-27(9-7-25)18-20-5-3-15(22-18)12-21-19(28)23-17-11-16(24-26(17)2)14-4-10-29-13-14/h3-5,10-11,13H,6-9,12H2,1-2H3,(H2,21,23,28). The highest BCUT2D eigenvalue weighted by molar-refractivity contribution is 7.08. The molecule has 1 aliphatic rings.